The van der Waals surface area contributed by atoms with Crippen LogP contribution in [0.5, 0.6) is 0 Å². The molecule has 0 aliphatic carbocycles. The SMILES string of the molecule is CC1CCCN(Cn2nc(-c3ccncc3)oc2=O)C1.CN1CCN(Cn2nc(-c3ccncc3)oc2=O)CC1.O=C(Nc1ccc(N2CCC(Cc3ccccc3)CC2)cc1)c1ccc([N+](=O)[O-])o1.O=C(Nc1cccc(F)c1)c1ccc([N+](=O)[O-])o1.O=C(Nc1ccncc1)c1ccc([N+](=O)[O-])o1.O=c1oc(-c2ccncc2)nn1CN1CCC(Cc2ccccc2)CC1. The van der Waals surface area contributed by atoms with Gasteiger partial charge >= 0.3 is 34.9 Å². The number of pyridine rings is 4. The monoisotopic (exact) mass is 1790 g/mol. The summed E-state index contributed by atoms with van der Waals surface area (Å²) < 4.78 is 47.1. The second-order valence-corrected chi connectivity index (χ2v) is 31.1. The van der Waals surface area contributed by atoms with Gasteiger partial charge in [0, 0.05) is 148 Å². The Morgan fingerprint density at radius 3 is 1.17 bits per heavy atom. The van der Waals surface area contributed by atoms with Gasteiger partial charge in [-0.25, -0.2) is 18.8 Å². The topological polar surface area (TPSA) is 468 Å². The van der Waals surface area contributed by atoms with Gasteiger partial charge in [-0.15, -0.1) is 15.3 Å². The van der Waals surface area contributed by atoms with Crippen LogP contribution in [-0.2, 0) is 32.8 Å². The van der Waals surface area contributed by atoms with Gasteiger partial charge in [0.25, 0.3) is 17.7 Å². The molecule has 4 aliphatic rings. The van der Waals surface area contributed by atoms with E-state index in [-0.39, 0.29) is 23.0 Å². The Labute approximate surface area is 747 Å². The fraction of sp³-hybridized carbons (Fsp3) is 0.286. The van der Waals surface area contributed by atoms with Crippen molar-refractivity contribution in [3.8, 4) is 34.4 Å². The molecule has 4 aliphatic heterocycles. The molecule has 39 nitrogen and oxygen atoms in total. The van der Waals surface area contributed by atoms with Crippen LogP contribution >= 0.6 is 0 Å². The molecule has 678 valence electrons. The molecular formula is C91H94FN21O18. The first-order valence-electron chi connectivity index (χ1n) is 42.1. The van der Waals surface area contributed by atoms with Crippen LogP contribution in [0.4, 0.5) is 44.8 Å². The predicted molar refractivity (Wildman–Crippen MR) is 478 cm³/mol. The molecule has 14 heterocycles. The fourth-order valence-corrected chi connectivity index (χ4v) is 14.6. The maximum atomic E-state index is 12.9. The third kappa shape index (κ3) is 27.9. The molecule has 1 atom stereocenters. The third-order valence-corrected chi connectivity index (χ3v) is 21.5. The lowest BCUT2D eigenvalue weighted by molar-refractivity contribution is -0.402. The Morgan fingerprint density at radius 2 is 0.779 bits per heavy atom. The van der Waals surface area contributed by atoms with E-state index >= 15 is 0 Å². The minimum absolute atomic E-state index is 0.0914. The lowest BCUT2D eigenvalue weighted by Crippen LogP contribution is -2.46. The summed E-state index contributed by atoms with van der Waals surface area (Å²) in [6, 6.07) is 55.1. The van der Waals surface area contributed by atoms with E-state index in [4.69, 9.17) is 26.5 Å². The van der Waals surface area contributed by atoms with Gasteiger partial charge in [0.05, 0.1) is 18.2 Å². The number of aromatic nitrogens is 10. The van der Waals surface area contributed by atoms with Gasteiger partial charge in [-0.2, -0.15) is 14.0 Å². The number of amides is 3. The van der Waals surface area contributed by atoms with E-state index in [1.807, 2.05) is 24.3 Å². The maximum absolute atomic E-state index is 12.9. The van der Waals surface area contributed by atoms with Gasteiger partial charge in [0.2, 0.25) is 17.7 Å². The van der Waals surface area contributed by atoms with Crippen molar-refractivity contribution in [2.75, 3.05) is 93.3 Å². The highest BCUT2D eigenvalue weighted by atomic mass is 19.1. The van der Waals surface area contributed by atoms with Crippen molar-refractivity contribution < 1.29 is 60.0 Å². The molecule has 0 spiro atoms. The number of nitro groups is 3. The van der Waals surface area contributed by atoms with Crippen LogP contribution in [0.1, 0.15) is 88.2 Å². The van der Waals surface area contributed by atoms with Gasteiger partial charge < -0.3 is 52.3 Å². The third-order valence-electron chi connectivity index (χ3n) is 21.5. The highest BCUT2D eigenvalue weighted by Gasteiger charge is 2.27. The van der Waals surface area contributed by atoms with Crippen LogP contribution in [0, 0.1) is 53.9 Å². The second kappa shape index (κ2) is 46.2. The molecule has 1 unspecified atom stereocenters. The fourth-order valence-electron chi connectivity index (χ4n) is 14.6. The zero-order valence-corrected chi connectivity index (χ0v) is 71.5. The summed E-state index contributed by atoms with van der Waals surface area (Å²) >= 11 is 0. The number of furan rings is 3. The molecule has 3 N–H and O–H groups in total. The molecule has 0 saturated carbocycles. The average molecular weight is 1790 g/mol. The summed E-state index contributed by atoms with van der Waals surface area (Å²) in [5.41, 5.74) is 7.60. The first-order chi connectivity index (χ1) is 63.5. The van der Waals surface area contributed by atoms with Crippen LogP contribution in [0.15, 0.2) is 285 Å². The smallest absolute Gasteiger partial charge is 0.395 e. The molecule has 40 heteroatoms. The van der Waals surface area contributed by atoms with Crippen LogP contribution < -0.4 is 38.1 Å². The van der Waals surface area contributed by atoms with Crippen molar-refractivity contribution in [3.63, 3.8) is 0 Å². The molecule has 4 fully saturated rings. The number of carbonyl (C=O) groups excluding carboxylic acids is 3. The van der Waals surface area contributed by atoms with E-state index in [0.717, 1.165) is 145 Å². The maximum Gasteiger partial charge on any atom is 0.438 e. The summed E-state index contributed by atoms with van der Waals surface area (Å²) in [7, 11) is 2.10. The van der Waals surface area contributed by atoms with E-state index in [0.29, 0.717) is 66.8 Å². The largest absolute Gasteiger partial charge is 0.438 e. The number of piperidine rings is 3. The Bertz CT molecular complexity index is 6210. The number of rotatable bonds is 23. The zero-order valence-electron chi connectivity index (χ0n) is 71.5. The van der Waals surface area contributed by atoms with Crippen LogP contribution in [0.2, 0.25) is 0 Å². The molecule has 4 saturated heterocycles. The van der Waals surface area contributed by atoms with Crippen molar-refractivity contribution in [2.24, 2.45) is 17.8 Å². The van der Waals surface area contributed by atoms with E-state index < -0.39 is 73.2 Å². The lowest BCUT2D eigenvalue weighted by Gasteiger charge is -2.33. The van der Waals surface area contributed by atoms with E-state index in [9.17, 15) is 63.5 Å². The molecule has 0 bridgehead atoms. The Kier molecular flexibility index (Phi) is 32.8. The van der Waals surface area contributed by atoms with Crippen LogP contribution in [-0.4, -0.2) is 174 Å². The molecule has 18 rings (SSSR count). The normalized spacial score (nSPS) is 14.9. The number of likely N-dealkylation sites (tertiary alicyclic amines) is 2. The minimum atomic E-state index is -0.751. The van der Waals surface area contributed by atoms with Gasteiger partial charge in [-0.1, -0.05) is 73.7 Å². The summed E-state index contributed by atoms with van der Waals surface area (Å²) in [6.07, 6.45) is 22.2. The summed E-state index contributed by atoms with van der Waals surface area (Å²) in [5, 5.41) is 51.8. The standard InChI is InChI=1S/C23H23N3O4.C20H22N4O2.C14H18N4O2.C13H17N5O2.C11H7FN2O4.C10H7N3O4/c27-23(21-10-11-22(30-21)26(28)29)24-19-6-8-20(9-7-19)25-14-12-18(13-15-25)16-17-4-2-1-3-5-17;25-20-24(22-19(26-20)18-6-10-21-11-7-18)15-23-12-8-17(9-13-23)14-16-4-2-1-3-5-16;1-11-3-2-8-17(9-11)10-18-14(19)20-13(16-18)12-4-6-15-7-5-12;1-16-6-8-17(9-7-16)10-18-13(19)20-12(15-18)11-2-4-14-5-3-11;12-7-2-1-3-8(6-7)13-11(15)9-4-5-10(18-9)14(16)17;14-10(12-7-3-5-11-6-4-7)8-1-2-9(17-8)13(15)16/h1-11,18H,12-16H2,(H,24,27);1-7,10-11,17H,8-9,12-15H2;4-7,11H,2-3,8-10H2,1H3;2-5H,6-10H2,1H3;1-6H,(H,13,15);1-6H,(H,11,12,14). The number of nitrogens with one attached hydrogen (secondary N) is 3. The number of halogens is 1. The zero-order chi connectivity index (χ0) is 92.0. The minimum Gasteiger partial charge on any atom is -0.395 e. The van der Waals surface area contributed by atoms with Crippen molar-refractivity contribution in [3.05, 3.63) is 340 Å². The van der Waals surface area contributed by atoms with Gasteiger partial charge in [-0.3, -0.25) is 79.4 Å². The number of hydrogen-bond acceptors (Lipinski definition) is 30. The van der Waals surface area contributed by atoms with Crippen molar-refractivity contribution in [2.45, 2.75) is 78.3 Å². The Hall–Kier alpha value is -15.7. The highest BCUT2D eigenvalue weighted by Crippen LogP contribution is 2.30. The molecule has 14 aromatic rings. The number of benzene rings is 4. The molecular weight excluding hydrogens is 1690 g/mol. The number of likely N-dealkylation sites (N-methyl/N-ethyl adjacent to an activating group) is 1. The predicted octanol–water partition coefficient (Wildman–Crippen LogP) is 13.8. The number of piperazine rings is 1. The number of hydrogen-bond donors (Lipinski definition) is 3. The number of carbonyl (C=O) groups is 3. The summed E-state index contributed by atoms with van der Waals surface area (Å²) in [5.74, 6) is -2.25. The van der Waals surface area contributed by atoms with Crippen LogP contribution in [0.25, 0.3) is 34.4 Å². The van der Waals surface area contributed by atoms with Gasteiger partial charge in [0.15, 0.2) is 17.3 Å². The first kappa shape index (κ1) is 93.0. The molecule has 4 aromatic carbocycles. The van der Waals surface area contributed by atoms with Crippen molar-refractivity contribution in [1.29, 1.82) is 0 Å². The van der Waals surface area contributed by atoms with Crippen molar-refractivity contribution >= 4 is 58.1 Å². The highest BCUT2D eigenvalue weighted by molar-refractivity contribution is 6.03. The quantitative estimate of drug-likeness (QED) is 0.0395. The summed E-state index contributed by atoms with van der Waals surface area (Å²) in [4.78, 5) is 127. The first-order valence-corrected chi connectivity index (χ1v) is 42.1. The second-order valence-electron chi connectivity index (χ2n) is 31.1. The molecule has 10 aromatic heterocycles. The molecule has 131 heavy (non-hydrogen) atoms. The van der Waals surface area contributed by atoms with E-state index in [1.54, 1.807) is 85.7 Å². The molecule has 0 radical (unpaired) electrons. The Morgan fingerprint density at radius 1 is 0.405 bits per heavy atom. The number of anilines is 4. The Balaban J connectivity index is 0.000000135. The van der Waals surface area contributed by atoms with Gasteiger partial charge in [0.1, 0.15) is 40.6 Å². The average Bonchev–Trinajstić information content (AvgIpc) is 1.00. The van der Waals surface area contributed by atoms with E-state index in [2.05, 4.69) is 150 Å². The van der Waals surface area contributed by atoms with Crippen molar-refractivity contribution in [1.82, 2.24) is 68.9 Å². The molecule has 3 amide bonds. The lowest BCUT2D eigenvalue weighted by atomic mass is 9.90. The number of nitrogens with zero attached hydrogens (tertiary/aromatic N) is 18. The summed E-state index contributed by atoms with van der Waals surface area (Å²) in [6.45, 7) is 13.5. The van der Waals surface area contributed by atoms with E-state index in [1.165, 1.54) is 92.9 Å². The van der Waals surface area contributed by atoms with Crippen LogP contribution in [0.3, 0.4) is 0 Å². The van der Waals surface area contributed by atoms with Gasteiger partial charge in [-0.05, 0) is 203 Å².